The predicted octanol–water partition coefficient (Wildman–Crippen LogP) is 12.2. The molecule has 54 heavy (non-hydrogen) atoms. The van der Waals surface area contributed by atoms with Crippen LogP contribution in [-0.2, 0) is 0 Å². The number of para-hydroxylation sites is 4. The van der Waals surface area contributed by atoms with Gasteiger partial charge < -0.3 is 9.13 Å². The fourth-order valence-corrected chi connectivity index (χ4v) is 8.26. The van der Waals surface area contributed by atoms with Crippen LogP contribution in [0.1, 0.15) is 0 Å². The minimum absolute atomic E-state index is 0.632. The zero-order chi connectivity index (χ0) is 35.6. The first kappa shape index (κ1) is 30.3. The van der Waals surface area contributed by atoms with E-state index < -0.39 is 0 Å². The maximum atomic E-state index is 5.34. The second-order valence-corrected chi connectivity index (χ2v) is 13.6. The fraction of sp³-hybridized carbons (Fsp3) is 0. The molecular formula is C49H31N5. The summed E-state index contributed by atoms with van der Waals surface area (Å²) in [6, 6.07) is 66.0. The van der Waals surface area contributed by atoms with Crippen molar-refractivity contribution >= 4 is 54.4 Å². The minimum Gasteiger partial charge on any atom is -0.309 e. The van der Waals surface area contributed by atoms with Gasteiger partial charge in [0.05, 0.1) is 27.8 Å². The van der Waals surface area contributed by atoms with Gasteiger partial charge in [-0.2, -0.15) is 0 Å². The molecule has 0 bridgehead atoms. The molecule has 11 aromatic rings. The Balaban J connectivity index is 1.18. The van der Waals surface area contributed by atoms with E-state index in [4.69, 9.17) is 15.0 Å². The Morgan fingerprint density at radius 3 is 1.50 bits per heavy atom. The quantitative estimate of drug-likeness (QED) is 0.181. The van der Waals surface area contributed by atoms with E-state index in [0.717, 1.165) is 60.6 Å². The van der Waals surface area contributed by atoms with Gasteiger partial charge in [0.1, 0.15) is 0 Å². The van der Waals surface area contributed by atoms with Crippen LogP contribution >= 0.6 is 0 Å². The highest BCUT2D eigenvalue weighted by atomic mass is 15.0. The summed E-state index contributed by atoms with van der Waals surface area (Å²) >= 11 is 0. The highest BCUT2D eigenvalue weighted by molar-refractivity contribution is 6.15. The van der Waals surface area contributed by atoms with Crippen LogP contribution in [0.15, 0.2) is 188 Å². The van der Waals surface area contributed by atoms with Gasteiger partial charge in [0.2, 0.25) is 0 Å². The molecule has 0 fully saturated rings. The van der Waals surface area contributed by atoms with Crippen LogP contribution in [0.4, 0.5) is 0 Å². The van der Waals surface area contributed by atoms with Crippen molar-refractivity contribution in [3.05, 3.63) is 188 Å². The van der Waals surface area contributed by atoms with Crippen LogP contribution in [0.5, 0.6) is 0 Å². The summed E-state index contributed by atoms with van der Waals surface area (Å²) in [4.78, 5) is 15.8. The van der Waals surface area contributed by atoms with E-state index in [1.165, 1.54) is 21.8 Å². The summed E-state index contributed by atoms with van der Waals surface area (Å²) in [7, 11) is 0. The topological polar surface area (TPSA) is 48.5 Å². The van der Waals surface area contributed by atoms with Crippen LogP contribution in [0.25, 0.3) is 99.9 Å². The van der Waals surface area contributed by atoms with Crippen molar-refractivity contribution in [2.24, 2.45) is 0 Å². The molecule has 0 aliphatic carbocycles. The van der Waals surface area contributed by atoms with Crippen molar-refractivity contribution in [1.29, 1.82) is 0 Å². The first-order chi connectivity index (χ1) is 26.8. The SMILES string of the molecule is c1ccc(-c2nc(-c3cccc4c(-n5c6ccccc6c6ccccc65)cccc34)nc(-c3cccc4c3c3ccccc3n4-c3ccccc3)n2)cc1. The molecule has 5 nitrogen and oxygen atoms in total. The average Bonchev–Trinajstić information content (AvgIpc) is 3.77. The van der Waals surface area contributed by atoms with Gasteiger partial charge in [0, 0.05) is 49.3 Å². The lowest BCUT2D eigenvalue weighted by atomic mass is 10.0. The highest BCUT2D eigenvalue weighted by Crippen LogP contribution is 2.40. The summed E-state index contributed by atoms with van der Waals surface area (Å²) in [5.41, 5.74) is 9.66. The lowest BCUT2D eigenvalue weighted by Gasteiger charge is -2.14. The third-order valence-electron chi connectivity index (χ3n) is 10.6. The maximum absolute atomic E-state index is 5.34. The Morgan fingerprint density at radius 2 is 0.778 bits per heavy atom. The van der Waals surface area contributed by atoms with Crippen LogP contribution in [0.3, 0.4) is 0 Å². The third-order valence-corrected chi connectivity index (χ3v) is 10.6. The van der Waals surface area contributed by atoms with Gasteiger partial charge in [0.25, 0.3) is 0 Å². The summed E-state index contributed by atoms with van der Waals surface area (Å²) in [6.07, 6.45) is 0. The van der Waals surface area contributed by atoms with Crippen LogP contribution in [0, 0.1) is 0 Å². The number of nitrogens with zero attached hydrogens (tertiary/aromatic N) is 5. The molecule has 0 aliphatic heterocycles. The third kappa shape index (κ3) is 4.62. The lowest BCUT2D eigenvalue weighted by molar-refractivity contribution is 1.08. The van der Waals surface area contributed by atoms with Gasteiger partial charge in [-0.3, -0.25) is 0 Å². The van der Waals surface area contributed by atoms with E-state index in [-0.39, 0.29) is 0 Å². The van der Waals surface area contributed by atoms with E-state index in [0.29, 0.717) is 17.5 Å². The molecule has 0 radical (unpaired) electrons. The molecule has 0 amide bonds. The summed E-state index contributed by atoms with van der Waals surface area (Å²) in [6.45, 7) is 0. The van der Waals surface area contributed by atoms with Crippen molar-refractivity contribution in [3.8, 4) is 45.5 Å². The minimum atomic E-state index is 0.632. The number of fused-ring (bicyclic) bond motifs is 7. The normalized spacial score (nSPS) is 11.7. The molecular weight excluding hydrogens is 659 g/mol. The first-order valence-corrected chi connectivity index (χ1v) is 18.2. The van der Waals surface area contributed by atoms with Crippen molar-refractivity contribution in [2.45, 2.75) is 0 Å². The molecule has 0 N–H and O–H groups in total. The lowest BCUT2D eigenvalue weighted by Crippen LogP contribution is -2.01. The largest absolute Gasteiger partial charge is 0.309 e. The Kier molecular flexibility index (Phi) is 6.79. The number of hydrogen-bond donors (Lipinski definition) is 0. The van der Waals surface area contributed by atoms with Gasteiger partial charge in [-0.1, -0.05) is 146 Å². The van der Waals surface area contributed by atoms with E-state index >= 15 is 0 Å². The van der Waals surface area contributed by atoms with Gasteiger partial charge in [-0.25, -0.2) is 15.0 Å². The standard InChI is InChI=1S/C49H31N5/c1-3-16-32(17-4-1)47-50-48(52-49(51-47)40-26-15-31-45-46(40)39-22-9-12-29-44(39)53(45)33-18-5-2-6-19-33)38-25-13-24-35-34(38)23-14-30-43(35)54-41-27-10-7-20-36(41)37-21-8-11-28-42(37)54/h1-31H. The Hall–Kier alpha value is -7.37. The van der Waals surface area contributed by atoms with E-state index in [9.17, 15) is 0 Å². The average molecular weight is 690 g/mol. The second-order valence-electron chi connectivity index (χ2n) is 13.6. The van der Waals surface area contributed by atoms with Gasteiger partial charge in [-0.15, -0.1) is 0 Å². The number of benzene rings is 8. The van der Waals surface area contributed by atoms with Crippen molar-refractivity contribution < 1.29 is 0 Å². The second kappa shape index (κ2) is 12.1. The number of rotatable bonds is 5. The molecule has 3 heterocycles. The maximum Gasteiger partial charge on any atom is 0.164 e. The molecule has 0 saturated carbocycles. The van der Waals surface area contributed by atoms with E-state index in [1.807, 2.05) is 18.2 Å². The molecule has 0 atom stereocenters. The van der Waals surface area contributed by atoms with Gasteiger partial charge in [-0.05, 0) is 47.9 Å². The van der Waals surface area contributed by atoms with Crippen LogP contribution < -0.4 is 0 Å². The molecule has 252 valence electrons. The molecule has 8 aromatic carbocycles. The van der Waals surface area contributed by atoms with Gasteiger partial charge in [0.15, 0.2) is 17.5 Å². The summed E-state index contributed by atoms with van der Waals surface area (Å²) in [5, 5.41) is 6.93. The van der Waals surface area contributed by atoms with E-state index in [1.54, 1.807) is 0 Å². The molecule has 11 rings (SSSR count). The zero-order valence-corrected chi connectivity index (χ0v) is 29.1. The Bertz CT molecular complexity index is 3160. The highest BCUT2D eigenvalue weighted by Gasteiger charge is 2.21. The smallest absolute Gasteiger partial charge is 0.164 e. The van der Waals surface area contributed by atoms with Crippen LogP contribution in [0.2, 0.25) is 0 Å². The monoisotopic (exact) mass is 689 g/mol. The molecule has 0 unspecified atom stereocenters. The molecule has 5 heteroatoms. The van der Waals surface area contributed by atoms with Gasteiger partial charge >= 0.3 is 0 Å². The molecule has 0 spiro atoms. The predicted molar refractivity (Wildman–Crippen MR) is 222 cm³/mol. The fourth-order valence-electron chi connectivity index (χ4n) is 8.26. The van der Waals surface area contributed by atoms with Crippen molar-refractivity contribution in [3.63, 3.8) is 0 Å². The van der Waals surface area contributed by atoms with E-state index in [2.05, 4.69) is 179 Å². The Morgan fingerprint density at radius 1 is 0.296 bits per heavy atom. The molecule has 0 saturated heterocycles. The zero-order valence-electron chi connectivity index (χ0n) is 29.1. The van der Waals surface area contributed by atoms with Crippen LogP contribution in [-0.4, -0.2) is 24.1 Å². The number of aromatic nitrogens is 5. The summed E-state index contributed by atoms with van der Waals surface area (Å²) in [5.74, 6) is 1.90. The Labute approximate surface area is 311 Å². The van der Waals surface area contributed by atoms with Crippen molar-refractivity contribution in [2.75, 3.05) is 0 Å². The molecule has 0 aliphatic rings. The summed E-state index contributed by atoms with van der Waals surface area (Å²) < 4.78 is 4.71. The first-order valence-electron chi connectivity index (χ1n) is 18.2. The molecule has 3 aromatic heterocycles. The number of hydrogen-bond acceptors (Lipinski definition) is 3. The van der Waals surface area contributed by atoms with Crippen molar-refractivity contribution in [1.82, 2.24) is 24.1 Å².